The maximum absolute atomic E-state index is 12.8. The molecule has 6 nitrogen and oxygen atoms in total. The first kappa shape index (κ1) is 26.9. The van der Waals surface area contributed by atoms with Crippen LogP contribution in [0.4, 0.5) is 5.69 Å². The number of rotatable bonds is 8. The lowest BCUT2D eigenvalue weighted by Crippen LogP contribution is -2.15. The van der Waals surface area contributed by atoms with E-state index >= 15 is 0 Å². The number of thioether (sulfide) groups is 1. The minimum atomic E-state index is -0.119. The smallest absolute Gasteiger partial charge is 0.234 e. The third-order valence-corrected chi connectivity index (χ3v) is 7.36. The molecule has 0 radical (unpaired) electrons. The standard InChI is InChI=1S/C29H31BrN4O2S/c1-6-36-23-14-12-22(13-15-23)34-27(20-8-10-21(11-9-20)29(3,4)5)32-33-28(34)37-18-26(35)31-25-16-7-19(2)17-24(25)30/h7-17H,6,18H2,1-5H3,(H,31,35). The summed E-state index contributed by atoms with van der Waals surface area (Å²) in [5, 5.41) is 12.6. The SMILES string of the molecule is CCOc1ccc(-n2c(SCC(=O)Nc3ccc(C)cc3Br)nnc2-c2ccc(C(C)(C)C)cc2)cc1. The summed E-state index contributed by atoms with van der Waals surface area (Å²) in [6.45, 7) is 11.2. The second-order valence-corrected chi connectivity index (χ2v) is 11.5. The molecule has 0 aliphatic rings. The molecule has 4 rings (SSSR count). The number of hydrogen-bond donors (Lipinski definition) is 1. The van der Waals surface area contributed by atoms with Crippen molar-refractivity contribution in [2.24, 2.45) is 0 Å². The molecule has 0 aliphatic heterocycles. The van der Waals surface area contributed by atoms with Crippen LogP contribution in [0, 0.1) is 6.92 Å². The molecule has 37 heavy (non-hydrogen) atoms. The van der Waals surface area contributed by atoms with Crippen molar-refractivity contribution in [2.45, 2.75) is 45.2 Å². The maximum Gasteiger partial charge on any atom is 0.234 e. The Kier molecular flexibility index (Phi) is 8.39. The summed E-state index contributed by atoms with van der Waals surface area (Å²) in [5.74, 6) is 1.59. The van der Waals surface area contributed by atoms with E-state index in [1.807, 2.05) is 60.9 Å². The van der Waals surface area contributed by atoms with Crippen LogP contribution in [-0.4, -0.2) is 33.0 Å². The fourth-order valence-corrected chi connectivity index (χ4v) is 5.14. The van der Waals surface area contributed by atoms with E-state index in [4.69, 9.17) is 4.74 Å². The van der Waals surface area contributed by atoms with Crippen LogP contribution in [0.25, 0.3) is 17.1 Å². The number of carbonyl (C=O) groups excluding carboxylic acids is 1. The molecule has 0 spiro atoms. The number of amides is 1. The van der Waals surface area contributed by atoms with E-state index in [9.17, 15) is 4.79 Å². The van der Waals surface area contributed by atoms with E-state index in [1.54, 1.807) is 0 Å². The Labute approximate surface area is 231 Å². The predicted molar refractivity (Wildman–Crippen MR) is 155 cm³/mol. The van der Waals surface area contributed by atoms with Crippen LogP contribution in [0.3, 0.4) is 0 Å². The van der Waals surface area contributed by atoms with Gasteiger partial charge in [-0.15, -0.1) is 10.2 Å². The van der Waals surface area contributed by atoms with Gasteiger partial charge in [0.2, 0.25) is 5.91 Å². The normalized spacial score (nSPS) is 11.4. The molecule has 4 aromatic rings. The van der Waals surface area contributed by atoms with Gasteiger partial charge in [0.05, 0.1) is 18.0 Å². The number of benzene rings is 3. The summed E-state index contributed by atoms with van der Waals surface area (Å²) in [5.41, 5.74) is 5.01. The molecular weight excluding hydrogens is 548 g/mol. The summed E-state index contributed by atoms with van der Waals surface area (Å²) in [7, 11) is 0. The average molecular weight is 580 g/mol. The predicted octanol–water partition coefficient (Wildman–Crippen LogP) is 7.43. The largest absolute Gasteiger partial charge is 0.494 e. The Morgan fingerprint density at radius 1 is 1.03 bits per heavy atom. The zero-order valence-electron chi connectivity index (χ0n) is 21.7. The first-order chi connectivity index (χ1) is 17.7. The molecule has 0 unspecified atom stereocenters. The summed E-state index contributed by atoms with van der Waals surface area (Å²) < 4.78 is 8.46. The Morgan fingerprint density at radius 2 is 1.73 bits per heavy atom. The van der Waals surface area contributed by atoms with Gasteiger partial charge >= 0.3 is 0 Å². The molecule has 3 aromatic carbocycles. The van der Waals surface area contributed by atoms with Crippen molar-refractivity contribution >= 4 is 39.3 Å². The molecule has 0 saturated carbocycles. The second kappa shape index (κ2) is 11.5. The number of nitrogens with zero attached hydrogens (tertiary/aromatic N) is 3. The minimum absolute atomic E-state index is 0.0577. The quantitative estimate of drug-likeness (QED) is 0.220. The van der Waals surface area contributed by atoms with Crippen LogP contribution in [0.2, 0.25) is 0 Å². The molecule has 0 bridgehead atoms. The van der Waals surface area contributed by atoms with Gasteiger partial charge in [-0.3, -0.25) is 9.36 Å². The van der Waals surface area contributed by atoms with Crippen LogP contribution in [0.1, 0.15) is 38.8 Å². The Bertz CT molecular complexity index is 1380. The van der Waals surface area contributed by atoms with E-state index in [0.29, 0.717) is 17.6 Å². The van der Waals surface area contributed by atoms with Crippen LogP contribution in [-0.2, 0) is 10.2 Å². The lowest BCUT2D eigenvalue weighted by molar-refractivity contribution is -0.113. The van der Waals surface area contributed by atoms with Crippen molar-refractivity contribution in [1.82, 2.24) is 14.8 Å². The highest BCUT2D eigenvalue weighted by atomic mass is 79.9. The van der Waals surface area contributed by atoms with Crippen molar-refractivity contribution in [2.75, 3.05) is 17.7 Å². The van der Waals surface area contributed by atoms with E-state index in [1.165, 1.54) is 17.3 Å². The molecule has 8 heteroatoms. The number of aromatic nitrogens is 3. The second-order valence-electron chi connectivity index (χ2n) is 9.72. The van der Waals surface area contributed by atoms with Crippen molar-refractivity contribution in [3.8, 4) is 22.8 Å². The van der Waals surface area contributed by atoms with Gasteiger partial charge in [0.25, 0.3) is 0 Å². The summed E-state index contributed by atoms with van der Waals surface area (Å²) in [4.78, 5) is 12.8. The molecule has 0 atom stereocenters. The van der Waals surface area contributed by atoms with Gasteiger partial charge in [-0.05, 0) is 82.7 Å². The molecule has 1 heterocycles. The van der Waals surface area contributed by atoms with Gasteiger partial charge in [-0.2, -0.15) is 0 Å². The van der Waals surface area contributed by atoms with Gasteiger partial charge in [0, 0.05) is 15.7 Å². The Morgan fingerprint density at radius 3 is 2.35 bits per heavy atom. The van der Waals surface area contributed by atoms with E-state index in [2.05, 4.69) is 76.5 Å². The van der Waals surface area contributed by atoms with E-state index in [0.717, 1.165) is 32.7 Å². The van der Waals surface area contributed by atoms with Gasteiger partial charge in [-0.25, -0.2) is 0 Å². The molecular formula is C29H31BrN4O2S. The van der Waals surface area contributed by atoms with Crippen LogP contribution in [0.5, 0.6) is 5.75 Å². The van der Waals surface area contributed by atoms with Crippen molar-refractivity contribution in [3.05, 3.63) is 82.3 Å². The lowest BCUT2D eigenvalue weighted by atomic mass is 9.87. The molecule has 0 fully saturated rings. The number of carbonyl (C=O) groups is 1. The first-order valence-electron chi connectivity index (χ1n) is 12.1. The highest BCUT2D eigenvalue weighted by Gasteiger charge is 2.19. The van der Waals surface area contributed by atoms with E-state index in [-0.39, 0.29) is 17.1 Å². The average Bonchev–Trinajstić information content (AvgIpc) is 3.29. The molecule has 192 valence electrons. The molecule has 1 N–H and O–H groups in total. The van der Waals surface area contributed by atoms with E-state index < -0.39 is 0 Å². The fraction of sp³-hybridized carbons (Fsp3) is 0.276. The number of halogens is 1. The van der Waals surface area contributed by atoms with Crippen LogP contribution >= 0.6 is 27.7 Å². The minimum Gasteiger partial charge on any atom is -0.494 e. The third kappa shape index (κ3) is 6.62. The monoisotopic (exact) mass is 578 g/mol. The number of anilines is 1. The number of nitrogens with one attached hydrogen (secondary N) is 1. The van der Waals surface area contributed by atoms with Gasteiger partial charge in [-0.1, -0.05) is 62.9 Å². The van der Waals surface area contributed by atoms with Crippen molar-refractivity contribution < 1.29 is 9.53 Å². The molecule has 1 aromatic heterocycles. The van der Waals surface area contributed by atoms with Crippen molar-refractivity contribution in [1.29, 1.82) is 0 Å². The van der Waals surface area contributed by atoms with Crippen LogP contribution in [0.15, 0.2) is 76.4 Å². The summed E-state index contributed by atoms with van der Waals surface area (Å²) in [6, 6.07) is 22.1. The maximum atomic E-state index is 12.8. The third-order valence-electron chi connectivity index (χ3n) is 5.78. The zero-order chi connectivity index (χ0) is 26.6. The number of ether oxygens (including phenoxy) is 1. The molecule has 0 saturated heterocycles. The first-order valence-corrected chi connectivity index (χ1v) is 13.9. The zero-order valence-corrected chi connectivity index (χ0v) is 24.1. The Balaban J connectivity index is 1.62. The fourth-order valence-electron chi connectivity index (χ4n) is 3.80. The van der Waals surface area contributed by atoms with Crippen LogP contribution < -0.4 is 10.1 Å². The highest BCUT2D eigenvalue weighted by Crippen LogP contribution is 2.31. The topological polar surface area (TPSA) is 69.0 Å². The lowest BCUT2D eigenvalue weighted by Gasteiger charge is -2.19. The Hall–Kier alpha value is -3.10. The number of aryl methyl sites for hydroxylation is 1. The summed E-state index contributed by atoms with van der Waals surface area (Å²) >= 11 is 4.87. The summed E-state index contributed by atoms with van der Waals surface area (Å²) in [6.07, 6.45) is 0. The van der Waals surface area contributed by atoms with Gasteiger partial charge in [0.1, 0.15) is 5.75 Å². The van der Waals surface area contributed by atoms with Crippen molar-refractivity contribution in [3.63, 3.8) is 0 Å². The molecule has 0 aliphatic carbocycles. The number of hydrogen-bond acceptors (Lipinski definition) is 5. The molecule has 1 amide bonds. The van der Waals surface area contributed by atoms with Gasteiger partial charge in [0.15, 0.2) is 11.0 Å². The highest BCUT2D eigenvalue weighted by molar-refractivity contribution is 9.10. The van der Waals surface area contributed by atoms with Gasteiger partial charge < -0.3 is 10.1 Å².